The number of hydrogen-bond acceptors (Lipinski definition) is 7. The Balaban J connectivity index is 1.65. The zero-order chi connectivity index (χ0) is 26.7. The molecule has 0 aliphatic carbocycles. The lowest BCUT2D eigenvalue weighted by atomic mass is 10.0. The average molecular weight is 533 g/mol. The molecular formula is C27H41ClN6O3. The quantitative estimate of drug-likeness (QED) is 0.0907. The standard InChI is InChI=1S/C27H41ClN6O3/c1-2-3-4-5-6-7-8-9-10-11-12-13-14-17-20-29-25-24(34(36)37)26(31-21-30-25)32-33-27(35)22-18-15-16-19-23(22)28/h15-16,18-19,21H,2-14,17,20H2,1H3,(H,33,35)(H2,29,30,31,32). The maximum Gasteiger partial charge on any atom is 0.354 e. The highest BCUT2D eigenvalue weighted by molar-refractivity contribution is 6.33. The number of carbonyl (C=O) groups is 1. The van der Waals surface area contributed by atoms with Crippen LogP contribution in [0.3, 0.4) is 0 Å². The number of hydrogen-bond donors (Lipinski definition) is 3. The molecule has 0 unspecified atom stereocenters. The highest BCUT2D eigenvalue weighted by Crippen LogP contribution is 2.28. The van der Waals surface area contributed by atoms with Crippen LogP contribution in [0.1, 0.15) is 107 Å². The van der Waals surface area contributed by atoms with Gasteiger partial charge in [0.15, 0.2) is 0 Å². The molecule has 0 bridgehead atoms. The number of nitrogens with zero attached hydrogens (tertiary/aromatic N) is 3. The van der Waals surface area contributed by atoms with Crippen molar-refractivity contribution in [3.8, 4) is 0 Å². The number of aromatic nitrogens is 2. The second kappa shape index (κ2) is 18.3. The van der Waals surface area contributed by atoms with Crippen LogP contribution in [0.4, 0.5) is 17.3 Å². The van der Waals surface area contributed by atoms with Crippen LogP contribution in [0.25, 0.3) is 0 Å². The summed E-state index contributed by atoms with van der Waals surface area (Å²) in [6.45, 7) is 2.82. The molecule has 0 aliphatic heterocycles. The number of carbonyl (C=O) groups excluding carboxylic acids is 1. The van der Waals surface area contributed by atoms with Gasteiger partial charge in [-0.25, -0.2) is 9.97 Å². The van der Waals surface area contributed by atoms with E-state index in [1.807, 2.05) is 0 Å². The number of nitro groups is 1. The zero-order valence-corrected chi connectivity index (χ0v) is 22.7. The Hall–Kier alpha value is -2.94. The van der Waals surface area contributed by atoms with Crippen LogP contribution < -0.4 is 16.2 Å². The Kier molecular flexibility index (Phi) is 15.0. The highest BCUT2D eigenvalue weighted by Gasteiger charge is 2.23. The highest BCUT2D eigenvalue weighted by atomic mass is 35.5. The second-order valence-electron chi connectivity index (χ2n) is 9.26. The number of anilines is 2. The number of hydrazine groups is 1. The molecular weight excluding hydrogens is 492 g/mol. The van der Waals surface area contributed by atoms with Gasteiger partial charge >= 0.3 is 5.69 Å². The lowest BCUT2D eigenvalue weighted by Gasteiger charge is -2.11. The predicted molar refractivity (Wildman–Crippen MR) is 150 cm³/mol. The first-order valence-corrected chi connectivity index (χ1v) is 14.0. The molecule has 2 aromatic rings. The van der Waals surface area contributed by atoms with Crippen molar-refractivity contribution >= 4 is 34.8 Å². The van der Waals surface area contributed by atoms with Gasteiger partial charge in [0.25, 0.3) is 5.91 Å². The van der Waals surface area contributed by atoms with Gasteiger partial charge in [-0.2, -0.15) is 0 Å². The summed E-state index contributed by atoms with van der Waals surface area (Å²) in [7, 11) is 0. The molecule has 1 aromatic carbocycles. The van der Waals surface area contributed by atoms with E-state index in [0.29, 0.717) is 6.54 Å². The van der Waals surface area contributed by atoms with Crippen LogP contribution in [0.2, 0.25) is 5.02 Å². The average Bonchev–Trinajstić information content (AvgIpc) is 2.89. The molecule has 0 saturated carbocycles. The van der Waals surface area contributed by atoms with E-state index in [0.717, 1.165) is 19.3 Å². The predicted octanol–water partition coefficient (Wildman–Crippen LogP) is 7.69. The summed E-state index contributed by atoms with van der Waals surface area (Å²) in [6, 6.07) is 6.52. The van der Waals surface area contributed by atoms with Gasteiger partial charge < -0.3 is 5.32 Å². The van der Waals surface area contributed by atoms with Crippen LogP contribution in [0, 0.1) is 10.1 Å². The van der Waals surface area contributed by atoms with E-state index in [1.54, 1.807) is 24.3 Å². The molecule has 10 heteroatoms. The smallest absolute Gasteiger partial charge is 0.354 e. The van der Waals surface area contributed by atoms with E-state index in [1.165, 1.54) is 77.0 Å². The van der Waals surface area contributed by atoms with Crippen molar-refractivity contribution in [1.82, 2.24) is 15.4 Å². The molecule has 0 radical (unpaired) electrons. The monoisotopic (exact) mass is 532 g/mol. The molecule has 3 N–H and O–H groups in total. The molecule has 9 nitrogen and oxygen atoms in total. The molecule has 1 aromatic heterocycles. The lowest BCUT2D eigenvalue weighted by Crippen LogP contribution is -2.30. The number of amides is 1. The Bertz CT molecular complexity index is 959. The minimum absolute atomic E-state index is 0.108. The summed E-state index contributed by atoms with van der Waals surface area (Å²) in [5, 5.41) is 15.0. The van der Waals surface area contributed by atoms with Crippen LogP contribution in [0.5, 0.6) is 0 Å². The fourth-order valence-corrected chi connectivity index (χ4v) is 4.35. The summed E-state index contributed by atoms with van der Waals surface area (Å²) in [5.41, 5.74) is 4.84. The number of benzene rings is 1. The minimum Gasteiger partial charge on any atom is -0.364 e. The summed E-state index contributed by atoms with van der Waals surface area (Å²) < 4.78 is 0. The van der Waals surface area contributed by atoms with E-state index in [2.05, 4.69) is 33.1 Å². The van der Waals surface area contributed by atoms with Gasteiger partial charge in [-0.05, 0) is 18.6 Å². The van der Waals surface area contributed by atoms with Gasteiger partial charge in [0, 0.05) is 6.54 Å². The fraction of sp³-hybridized carbons (Fsp3) is 0.593. The van der Waals surface area contributed by atoms with Crippen LogP contribution in [-0.4, -0.2) is 27.3 Å². The SMILES string of the molecule is CCCCCCCCCCCCCCCCNc1ncnc(NNC(=O)c2ccccc2Cl)c1[N+](=O)[O-]. The lowest BCUT2D eigenvalue weighted by molar-refractivity contribution is -0.383. The summed E-state index contributed by atoms with van der Waals surface area (Å²) in [6.07, 6.45) is 19.0. The van der Waals surface area contributed by atoms with Crippen molar-refractivity contribution < 1.29 is 9.72 Å². The largest absolute Gasteiger partial charge is 0.364 e. The molecule has 0 spiro atoms. The van der Waals surface area contributed by atoms with Crippen molar-refractivity contribution in [3.63, 3.8) is 0 Å². The molecule has 0 saturated heterocycles. The first-order valence-electron chi connectivity index (χ1n) is 13.6. The second-order valence-corrected chi connectivity index (χ2v) is 9.67. The van der Waals surface area contributed by atoms with Gasteiger partial charge in [-0.1, -0.05) is 114 Å². The third-order valence-corrected chi connectivity index (χ3v) is 6.57. The third kappa shape index (κ3) is 11.8. The molecule has 0 fully saturated rings. The molecule has 2 rings (SSSR count). The Morgan fingerprint density at radius 3 is 1.97 bits per heavy atom. The van der Waals surface area contributed by atoms with Crippen LogP contribution >= 0.6 is 11.6 Å². The summed E-state index contributed by atoms with van der Waals surface area (Å²) in [5.74, 6) is -0.525. The van der Waals surface area contributed by atoms with E-state index < -0.39 is 10.8 Å². The maximum atomic E-state index is 12.3. The minimum atomic E-state index is -0.572. The first kappa shape index (κ1) is 30.3. The van der Waals surface area contributed by atoms with Crippen molar-refractivity contribution in [2.75, 3.05) is 17.3 Å². The van der Waals surface area contributed by atoms with Gasteiger partial charge in [-0.3, -0.25) is 25.8 Å². The number of halogens is 1. The molecule has 0 aliphatic rings. The van der Waals surface area contributed by atoms with E-state index in [-0.39, 0.29) is 27.9 Å². The van der Waals surface area contributed by atoms with Crippen LogP contribution in [-0.2, 0) is 0 Å². The molecule has 1 heterocycles. The normalized spacial score (nSPS) is 10.8. The van der Waals surface area contributed by atoms with Crippen molar-refractivity contribution in [2.45, 2.75) is 96.8 Å². The van der Waals surface area contributed by atoms with Crippen molar-refractivity contribution in [2.24, 2.45) is 0 Å². The summed E-state index contributed by atoms with van der Waals surface area (Å²) >= 11 is 6.03. The number of unbranched alkanes of at least 4 members (excludes halogenated alkanes) is 13. The maximum absolute atomic E-state index is 12.3. The van der Waals surface area contributed by atoms with Crippen LogP contribution in [0.15, 0.2) is 30.6 Å². The van der Waals surface area contributed by atoms with E-state index >= 15 is 0 Å². The summed E-state index contributed by atoms with van der Waals surface area (Å²) in [4.78, 5) is 31.4. The van der Waals surface area contributed by atoms with E-state index in [4.69, 9.17) is 11.6 Å². The van der Waals surface area contributed by atoms with Gasteiger partial charge in [-0.15, -0.1) is 0 Å². The van der Waals surface area contributed by atoms with Crippen molar-refractivity contribution in [3.05, 3.63) is 51.3 Å². The number of rotatable bonds is 20. The third-order valence-electron chi connectivity index (χ3n) is 6.24. The van der Waals surface area contributed by atoms with Gasteiger partial charge in [0.1, 0.15) is 6.33 Å². The Morgan fingerprint density at radius 2 is 1.41 bits per heavy atom. The Labute approximate surface area is 225 Å². The topological polar surface area (TPSA) is 122 Å². The van der Waals surface area contributed by atoms with Gasteiger partial charge in [0.05, 0.1) is 15.5 Å². The van der Waals surface area contributed by atoms with Gasteiger partial charge in [0.2, 0.25) is 11.6 Å². The van der Waals surface area contributed by atoms with Crippen molar-refractivity contribution in [1.29, 1.82) is 0 Å². The molecule has 1 amide bonds. The Morgan fingerprint density at radius 1 is 0.865 bits per heavy atom. The zero-order valence-electron chi connectivity index (χ0n) is 21.9. The fourth-order valence-electron chi connectivity index (χ4n) is 4.13. The molecule has 0 atom stereocenters. The molecule has 37 heavy (non-hydrogen) atoms. The van der Waals surface area contributed by atoms with E-state index in [9.17, 15) is 14.9 Å². The molecule has 204 valence electrons. The number of nitrogens with one attached hydrogen (secondary N) is 3. The first-order chi connectivity index (χ1) is 18.0.